The van der Waals surface area contributed by atoms with Gasteiger partial charge in [-0.25, -0.2) is 4.39 Å². The van der Waals surface area contributed by atoms with E-state index in [9.17, 15) is 19.3 Å². The first-order valence-electron chi connectivity index (χ1n) is 13.0. The number of carbonyl (C=O) groups excluding carboxylic acids is 1. The van der Waals surface area contributed by atoms with Crippen molar-refractivity contribution in [2.45, 2.75) is 25.8 Å². The molecule has 0 spiro atoms. The Bertz CT molecular complexity index is 1430. The van der Waals surface area contributed by atoms with Crippen LogP contribution in [0, 0.1) is 15.9 Å². The number of non-ortho nitro benzene ring substituents is 1. The van der Waals surface area contributed by atoms with Gasteiger partial charge in [-0.3, -0.25) is 14.9 Å². The van der Waals surface area contributed by atoms with E-state index in [-0.39, 0.29) is 29.8 Å². The quantitative estimate of drug-likeness (QED) is 0.232. The van der Waals surface area contributed by atoms with Gasteiger partial charge in [-0.1, -0.05) is 49.4 Å². The molecule has 0 saturated carbocycles. The lowest BCUT2D eigenvalue weighted by molar-refractivity contribution is -0.384. The largest absolute Gasteiger partial charge is 0.343 e. The number of nitro benzene ring substituents is 1. The van der Waals surface area contributed by atoms with Gasteiger partial charge in [0.25, 0.3) is 5.69 Å². The molecule has 38 heavy (non-hydrogen) atoms. The number of hydrogen-bond acceptors (Lipinski definition) is 4. The van der Waals surface area contributed by atoms with Gasteiger partial charge < -0.3 is 14.4 Å². The first kappa shape index (κ1) is 25.6. The molecule has 5 rings (SSSR count). The molecule has 1 saturated heterocycles. The fourth-order valence-corrected chi connectivity index (χ4v) is 5.33. The summed E-state index contributed by atoms with van der Waals surface area (Å²) < 4.78 is 15.9. The highest BCUT2D eigenvalue weighted by Crippen LogP contribution is 2.37. The van der Waals surface area contributed by atoms with E-state index in [0.717, 1.165) is 47.2 Å². The maximum absolute atomic E-state index is 13.9. The summed E-state index contributed by atoms with van der Waals surface area (Å²) in [6, 6.07) is 21.1. The van der Waals surface area contributed by atoms with Gasteiger partial charge in [0.2, 0.25) is 5.91 Å². The maximum atomic E-state index is 13.9. The molecule has 0 N–H and O–H groups in total. The lowest BCUT2D eigenvalue weighted by Crippen LogP contribution is -2.48. The van der Waals surface area contributed by atoms with Crippen LogP contribution >= 0.6 is 0 Å². The van der Waals surface area contributed by atoms with Gasteiger partial charge in [0.05, 0.1) is 4.92 Å². The number of nitrogens with zero attached hydrogens (tertiary/aromatic N) is 4. The molecule has 0 unspecified atom stereocenters. The van der Waals surface area contributed by atoms with E-state index < -0.39 is 4.92 Å². The van der Waals surface area contributed by atoms with E-state index in [2.05, 4.69) is 16.4 Å². The number of likely N-dealkylation sites (N-methyl/N-ethyl adjacent to an activating group) is 1. The molecule has 0 radical (unpaired) electrons. The third kappa shape index (κ3) is 5.45. The first-order valence-corrected chi connectivity index (χ1v) is 13.0. The van der Waals surface area contributed by atoms with Crippen LogP contribution in [0.2, 0.25) is 0 Å². The first-order chi connectivity index (χ1) is 18.4. The lowest BCUT2D eigenvalue weighted by Gasteiger charge is -2.34. The van der Waals surface area contributed by atoms with Crippen molar-refractivity contribution in [2.24, 2.45) is 0 Å². The molecule has 4 aromatic rings. The Morgan fingerprint density at radius 2 is 1.71 bits per heavy atom. The zero-order valence-electron chi connectivity index (χ0n) is 21.4. The fourth-order valence-electron chi connectivity index (χ4n) is 5.33. The Morgan fingerprint density at radius 1 is 1.00 bits per heavy atom. The Kier molecular flexibility index (Phi) is 7.51. The summed E-state index contributed by atoms with van der Waals surface area (Å²) in [4.78, 5) is 29.0. The number of halogens is 1. The van der Waals surface area contributed by atoms with Crippen molar-refractivity contribution < 1.29 is 14.1 Å². The number of amides is 1. The Morgan fingerprint density at radius 3 is 2.37 bits per heavy atom. The van der Waals surface area contributed by atoms with Crippen molar-refractivity contribution in [1.82, 2.24) is 14.4 Å². The smallest absolute Gasteiger partial charge is 0.270 e. The minimum absolute atomic E-state index is 0.00363. The van der Waals surface area contributed by atoms with Crippen molar-refractivity contribution in [1.29, 1.82) is 0 Å². The van der Waals surface area contributed by atoms with Crippen molar-refractivity contribution >= 4 is 22.5 Å². The van der Waals surface area contributed by atoms with Gasteiger partial charge in [0.15, 0.2) is 0 Å². The predicted octanol–water partition coefficient (Wildman–Crippen LogP) is 5.42. The molecule has 1 aliphatic heterocycles. The minimum atomic E-state index is -0.400. The summed E-state index contributed by atoms with van der Waals surface area (Å²) >= 11 is 0. The van der Waals surface area contributed by atoms with Crippen LogP contribution in [-0.2, 0) is 11.3 Å². The summed E-state index contributed by atoms with van der Waals surface area (Å²) in [5.74, 6) is -0.699. The van der Waals surface area contributed by atoms with Crippen molar-refractivity contribution in [3.05, 3.63) is 112 Å². The standard InChI is InChI=1S/C30H31FN4O3/c1-2-32-14-16-33(17-15-32)30(36)19-26(23-8-10-24(31)11-9-23)28-21-34(20-22-6-4-3-5-7-22)29-13-12-25(35(37)38)18-27(28)29/h3-13,18,21,26H,2,14-17,19-20H2,1H3/t26-/m1/s1. The number of rotatable bonds is 8. The van der Waals surface area contributed by atoms with Gasteiger partial charge in [-0.15, -0.1) is 0 Å². The monoisotopic (exact) mass is 514 g/mol. The Labute approximate surface area is 221 Å². The molecule has 1 aromatic heterocycles. The van der Waals surface area contributed by atoms with Crippen molar-refractivity contribution in [3.63, 3.8) is 0 Å². The third-order valence-corrected chi connectivity index (χ3v) is 7.50. The summed E-state index contributed by atoms with van der Waals surface area (Å²) in [6.07, 6.45) is 2.20. The van der Waals surface area contributed by atoms with E-state index in [0.29, 0.717) is 19.6 Å². The van der Waals surface area contributed by atoms with Crippen LogP contribution < -0.4 is 0 Å². The van der Waals surface area contributed by atoms with Crippen LogP contribution in [0.25, 0.3) is 10.9 Å². The molecule has 1 fully saturated rings. The number of hydrogen-bond donors (Lipinski definition) is 0. The number of carbonyl (C=O) groups is 1. The number of piperazine rings is 1. The average Bonchev–Trinajstić information content (AvgIpc) is 3.30. The molecule has 3 aromatic carbocycles. The Hall–Kier alpha value is -4.04. The number of benzene rings is 3. The van der Waals surface area contributed by atoms with Crippen LogP contribution in [0.5, 0.6) is 0 Å². The highest BCUT2D eigenvalue weighted by Gasteiger charge is 2.28. The summed E-state index contributed by atoms with van der Waals surface area (Å²) in [6.45, 7) is 6.68. The second-order valence-electron chi connectivity index (χ2n) is 9.78. The van der Waals surface area contributed by atoms with E-state index in [1.54, 1.807) is 24.3 Å². The molecule has 8 heteroatoms. The fraction of sp³-hybridized carbons (Fsp3) is 0.300. The van der Waals surface area contributed by atoms with Crippen LogP contribution in [0.4, 0.5) is 10.1 Å². The molecule has 0 bridgehead atoms. The van der Waals surface area contributed by atoms with E-state index in [4.69, 9.17) is 0 Å². The van der Waals surface area contributed by atoms with Gasteiger partial charge in [-0.05, 0) is 41.4 Å². The number of nitro groups is 1. The zero-order chi connectivity index (χ0) is 26.6. The maximum Gasteiger partial charge on any atom is 0.270 e. The minimum Gasteiger partial charge on any atom is -0.343 e. The summed E-state index contributed by atoms with van der Waals surface area (Å²) in [5, 5.41) is 12.4. The molecule has 7 nitrogen and oxygen atoms in total. The van der Waals surface area contributed by atoms with Crippen LogP contribution in [0.3, 0.4) is 0 Å². The second-order valence-corrected chi connectivity index (χ2v) is 9.78. The predicted molar refractivity (Wildman–Crippen MR) is 146 cm³/mol. The molecule has 196 valence electrons. The van der Waals surface area contributed by atoms with Crippen LogP contribution in [0.15, 0.2) is 79.0 Å². The van der Waals surface area contributed by atoms with Gasteiger partial charge in [0, 0.05) is 74.3 Å². The van der Waals surface area contributed by atoms with Gasteiger partial charge in [0.1, 0.15) is 5.82 Å². The average molecular weight is 515 g/mol. The van der Waals surface area contributed by atoms with E-state index in [1.807, 2.05) is 41.4 Å². The van der Waals surface area contributed by atoms with Crippen molar-refractivity contribution in [2.75, 3.05) is 32.7 Å². The van der Waals surface area contributed by atoms with Crippen molar-refractivity contribution in [3.8, 4) is 0 Å². The molecule has 0 aliphatic carbocycles. The number of fused-ring (bicyclic) bond motifs is 1. The van der Waals surface area contributed by atoms with E-state index in [1.165, 1.54) is 18.2 Å². The van der Waals surface area contributed by atoms with Crippen LogP contribution in [0.1, 0.15) is 36.0 Å². The lowest BCUT2D eigenvalue weighted by atomic mass is 9.87. The molecule has 2 heterocycles. The topological polar surface area (TPSA) is 71.6 Å². The Balaban J connectivity index is 1.57. The SMILES string of the molecule is CCN1CCN(C(=O)C[C@H](c2ccc(F)cc2)c2cn(Cc3ccccc3)c3ccc([N+](=O)[O-])cc23)CC1. The van der Waals surface area contributed by atoms with E-state index >= 15 is 0 Å². The normalized spacial score (nSPS) is 15.1. The van der Waals surface area contributed by atoms with Gasteiger partial charge in [-0.2, -0.15) is 0 Å². The molecule has 1 amide bonds. The second kappa shape index (κ2) is 11.1. The molecular formula is C30H31FN4O3. The molecular weight excluding hydrogens is 483 g/mol. The highest BCUT2D eigenvalue weighted by molar-refractivity contribution is 5.88. The number of aromatic nitrogens is 1. The van der Waals surface area contributed by atoms with Gasteiger partial charge >= 0.3 is 0 Å². The zero-order valence-corrected chi connectivity index (χ0v) is 21.4. The summed E-state index contributed by atoms with van der Waals surface area (Å²) in [5.41, 5.74) is 3.57. The van der Waals surface area contributed by atoms with Crippen LogP contribution in [-0.4, -0.2) is 57.9 Å². The summed E-state index contributed by atoms with van der Waals surface area (Å²) in [7, 11) is 0. The molecule has 1 atom stereocenters. The molecule has 1 aliphatic rings. The highest BCUT2D eigenvalue weighted by atomic mass is 19.1. The third-order valence-electron chi connectivity index (χ3n) is 7.50.